The second-order valence-corrected chi connectivity index (χ2v) is 6.47. The Bertz CT molecular complexity index is 1340. The zero-order valence-electron chi connectivity index (χ0n) is 16.3. The summed E-state index contributed by atoms with van der Waals surface area (Å²) in [7, 11) is 2.86. The smallest absolute Gasteiger partial charge is 0.419 e. The summed E-state index contributed by atoms with van der Waals surface area (Å²) in [4.78, 5) is 39.8. The largest absolute Gasteiger partial charge is 0.477 e. The number of hydrogen-bond donors (Lipinski definition) is 3. The Morgan fingerprint density at radius 1 is 1.35 bits per heavy atom. The van der Waals surface area contributed by atoms with E-state index >= 15 is 0 Å². The fourth-order valence-corrected chi connectivity index (χ4v) is 2.85. The van der Waals surface area contributed by atoms with Gasteiger partial charge in [-0.25, -0.2) is 28.7 Å². The minimum absolute atomic E-state index is 0.0494. The maximum Gasteiger partial charge on any atom is 0.419 e. The third-order valence-electron chi connectivity index (χ3n) is 4.24. The summed E-state index contributed by atoms with van der Waals surface area (Å²) in [6.45, 7) is 0.552. The van der Waals surface area contributed by atoms with Crippen molar-refractivity contribution in [3.05, 3.63) is 58.0 Å². The lowest BCUT2D eigenvalue weighted by Crippen LogP contribution is -2.13. The Morgan fingerprint density at radius 3 is 2.74 bits per heavy atom. The third-order valence-corrected chi connectivity index (χ3v) is 4.37. The van der Waals surface area contributed by atoms with Gasteiger partial charge in [0.15, 0.2) is 22.6 Å². The summed E-state index contributed by atoms with van der Waals surface area (Å²) >= 11 is 5.39. The zero-order valence-corrected chi connectivity index (χ0v) is 17.1. The predicted molar refractivity (Wildman–Crippen MR) is 110 cm³/mol. The Kier molecular flexibility index (Phi) is 6.22. The molecule has 4 N–H and O–H groups in total. The van der Waals surface area contributed by atoms with Gasteiger partial charge in [0.25, 0.3) is 0 Å². The standard InChI is InChI=1S/C9H9ClN2O2.C9H8N4O4/c1-12-7-4-6(5-11-10)2-3-8(7)14-9(12)13;1-17-9(16)6-2-5(8(14)15)12-7-4(10)3-11-13(6)7/h2-4,11H,5H2,1H3;2-3H,10H2,1H3,(H,14,15). The molecular formula is C18H17ClN6O6. The molecule has 31 heavy (non-hydrogen) atoms. The van der Waals surface area contributed by atoms with Crippen molar-refractivity contribution in [2.75, 3.05) is 12.8 Å². The Labute approximate surface area is 178 Å². The van der Waals surface area contributed by atoms with Crippen LogP contribution in [-0.2, 0) is 18.3 Å². The van der Waals surface area contributed by atoms with Crippen LogP contribution in [0, 0.1) is 0 Å². The van der Waals surface area contributed by atoms with E-state index in [2.05, 4.69) is 19.7 Å². The molecule has 3 aromatic heterocycles. The highest BCUT2D eigenvalue weighted by molar-refractivity contribution is 6.13. The molecular weight excluding hydrogens is 432 g/mol. The van der Waals surface area contributed by atoms with Crippen LogP contribution >= 0.6 is 11.8 Å². The van der Waals surface area contributed by atoms with Gasteiger partial charge in [0.2, 0.25) is 0 Å². The fraction of sp³-hybridized carbons (Fsp3) is 0.167. The molecule has 0 saturated carbocycles. The minimum Gasteiger partial charge on any atom is -0.477 e. The molecule has 13 heteroatoms. The van der Waals surface area contributed by atoms with Crippen LogP contribution in [0.3, 0.4) is 0 Å². The van der Waals surface area contributed by atoms with Gasteiger partial charge in [-0.3, -0.25) is 4.57 Å². The maximum absolute atomic E-state index is 11.5. The molecule has 0 radical (unpaired) electrons. The van der Waals surface area contributed by atoms with Gasteiger partial charge < -0.3 is 20.0 Å². The van der Waals surface area contributed by atoms with Crippen molar-refractivity contribution in [1.82, 2.24) is 24.0 Å². The molecule has 4 rings (SSSR count). The molecule has 0 aliphatic rings. The van der Waals surface area contributed by atoms with E-state index in [0.717, 1.165) is 21.7 Å². The Hall–Kier alpha value is -3.90. The van der Waals surface area contributed by atoms with E-state index in [9.17, 15) is 14.4 Å². The van der Waals surface area contributed by atoms with Gasteiger partial charge >= 0.3 is 17.7 Å². The average molecular weight is 449 g/mol. The molecule has 0 saturated heterocycles. The monoisotopic (exact) mass is 448 g/mol. The number of hydrogen-bond acceptors (Lipinski definition) is 9. The number of anilines is 1. The van der Waals surface area contributed by atoms with Gasteiger partial charge in [0, 0.05) is 19.7 Å². The number of aromatic carboxylic acids is 1. The first-order valence-electron chi connectivity index (χ1n) is 8.64. The van der Waals surface area contributed by atoms with Crippen LogP contribution in [-0.4, -0.2) is 43.3 Å². The van der Waals surface area contributed by atoms with E-state index in [-0.39, 0.29) is 28.5 Å². The zero-order chi connectivity index (χ0) is 22.7. The van der Waals surface area contributed by atoms with E-state index in [1.165, 1.54) is 17.9 Å². The number of benzene rings is 1. The first-order valence-corrected chi connectivity index (χ1v) is 9.02. The summed E-state index contributed by atoms with van der Waals surface area (Å²) in [5.41, 5.74) is 7.87. The normalized spacial score (nSPS) is 10.7. The summed E-state index contributed by atoms with van der Waals surface area (Å²) in [5.74, 6) is -2.34. The topological polar surface area (TPSA) is 167 Å². The van der Waals surface area contributed by atoms with Crippen molar-refractivity contribution in [1.29, 1.82) is 0 Å². The highest BCUT2D eigenvalue weighted by Gasteiger charge is 2.18. The lowest BCUT2D eigenvalue weighted by Gasteiger charge is -2.04. The van der Waals surface area contributed by atoms with Crippen LogP contribution < -0.4 is 16.3 Å². The summed E-state index contributed by atoms with van der Waals surface area (Å²) in [6.07, 6.45) is 1.28. The van der Waals surface area contributed by atoms with Crippen molar-refractivity contribution < 1.29 is 23.8 Å². The number of nitrogen functional groups attached to an aromatic ring is 1. The SMILES string of the molecule is COC(=O)c1cc(C(=O)O)nc2c(N)cnn12.Cn1c(=O)oc2ccc(CNCl)cc21. The van der Waals surface area contributed by atoms with Crippen molar-refractivity contribution in [2.24, 2.45) is 7.05 Å². The molecule has 0 aliphatic heterocycles. The van der Waals surface area contributed by atoms with Crippen LogP contribution in [0.25, 0.3) is 16.7 Å². The van der Waals surface area contributed by atoms with Crippen molar-refractivity contribution in [2.45, 2.75) is 6.54 Å². The molecule has 0 unspecified atom stereocenters. The number of carboxylic acid groups (broad SMARTS) is 1. The molecule has 0 bridgehead atoms. The number of oxazole rings is 1. The lowest BCUT2D eigenvalue weighted by atomic mass is 10.2. The number of ether oxygens (including phenoxy) is 1. The number of nitrogens with two attached hydrogens (primary N) is 1. The van der Waals surface area contributed by atoms with Gasteiger partial charge in [0.1, 0.15) is 0 Å². The second-order valence-electron chi connectivity index (χ2n) is 6.20. The number of methoxy groups -OCH3 is 1. The van der Waals surface area contributed by atoms with E-state index < -0.39 is 11.9 Å². The second kappa shape index (κ2) is 8.85. The quantitative estimate of drug-likeness (QED) is 0.304. The summed E-state index contributed by atoms with van der Waals surface area (Å²) < 4.78 is 12.1. The number of nitrogens with one attached hydrogen (secondary N) is 1. The maximum atomic E-state index is 11.5. The molecule has 0 amide bonds. The van der Waals surface area contributed by atoms with Crippen molar-refractivity contribution in [3.8, 4) is 0 Å². The number of halogens is 1. The molecule has 0 atom stereocenters. The molecule has 162 valence electrons. The highest BCUT2D eigenvalue weighted by atomic mass is 35.5. The first kappa shape index (κ1) is 21.8. The van der Waals surface area contributed by atoms with E-state index in [1.54, 1.807) is 13.1 Å². The van der Waals surface area contributed by atoms with Gasteiger partial charge in [-0.2, -0.15) is 5.10 Å². The number of carbonyl (C=O) groups is 2. The van der Waals surface area contributed by atoms with Crippen LogP contribution in [0.4, 0.5) is 5.69 Å². The Morgan fingerprint density at radius 2 is 2.10 bits per heavy atom. The molecule has 12 nitrogen and oxygen atoms in total. The van der Waals surface area contributed by atoms with Gasteiger partial charge in [-0.05, 0) is 29.5 Å². The number of aryl methyl sites for hydroxylation is 1. The van der Waals surface area contributed by atoms with Gasteiger partial charge in [0.05, 0.1) is 24.5 Å². The lowest BCUT2D eigenvalue weighted by molar-refractivity contribution is 0.0590. The molecule has 0 spiro atoms. The molecule has 3 heterocycles. The predicted octanol–water partition coefficient (Wildman–Crippen LogP) is 1.17. The number of carboxylic acids is 1. The van der Waals surface area contributed by atoms with E-state index in [0.29, 0.717) is 12.1 Å². The van der Waals surface area contributed by atoms with Crippen LogP contribution in [0.5, 0.6) is 0 Å². The molecule has 0 fully saturated rings. The van der Waals surface area contributed by atoms with E-state index in [4.69, 9.17) is 27.0 Å². The third kappa shape index (κ3) is 4.34. The molecule has 1 aromatic carbocycles. The molecule has 4 aromatic rings. The van der Waals surface area contributed by atoms with Crippen molar-refractivity contribution >= 4 is 46.1 Å². The van der Waals surface area contributed by atoms with Crippen LogP contribution in [0.15, 0.2) is 39.7 Å². The van der Waals surface area contributed by atoms with Crippen molar-refractivity contribution in [3.63, 3.8) is 0 Å². The summed E-state index contributed by atoms with van der Waals surface area (Å²) in [6, 6.07) is 6.57. The highest BCUT2D eigenvalue weighted by Crippen LogP contribution is 2.15. The van der Waals surface area contributed by atoms with Gasteiger partial charge in [-0.15, -0.1) is 0 Å². The average Bonchev–Trinajstić information content (AvgIpc) is 3.27. The first-order chi connectivity index (χ1) is 14.8. The minimum atomic E-state index is -1.27. The van der Waals surface area contributed by atoms with Crippen LogP contribution in [0.1, 0.15) is 26.5 Å². The number of carbonyl (C=O) groups excluding carboxylic acids is 1. The van der Waals surface area contributed by atoms with Crippen LogP contribution in [0.2, 0.25) is 0 Å². The van der Waals surface area contributed by atoms with Gasteiger partial charge in [-0.1, -0.05) is 6.07 Å². The number of nitrogens with zero attached hydrogens (tertiary/aromatic N) is 4. The number of aromatic nitrogens is 4. The van der Waals surface area contributed by atoms with E-state index in [1.807, 2.05) is 12.1 Å². The number of rotatable bonds is 4. The number of fused-ring (bicyclic) bond motifs is 2. The fourth-order valence-electron chi connectivity index (χ4n) is 2.70. The molecule has 0 aliphatic carbocycles. The summed E-state index contributed by atoms with van der Waals surface area (Å²) in [5, 5.41) is 12.7. The number of esters is 1. The Balaban J connectivity index is 0.000000179.